The number of carboxylic acid groups (broad SMARTS) is 1. The molecule has 0 amide bonds. The third-order valence-electron chi connectivity index (χ3n) is 3.13. The molecule has 0 aliphatic carbocycles. The summed E-state index contributed by atoms with van der Waals surface area (Å²) in [5.74, 6) is -0.211. The topological polar surface area (TPSA) is 72.5 Å². The molecule has 0 bridgehead atoms. The zero-order valence-electron chi connectivity index (χ0n) is 11.4. The summed E-state index contributed by atoms with van der Waals surface area (Å²) in [5, 5.41) is 8.90. The highest BCUT2D eigenvalue weighted by atomic mass is 16.5. The molecule has 0 saturated heterocycles. The molecule has 3 N–H and O–H groups in total. The van der Waals surface area contributed by atoms with Crippen LogP contribution in [-0.2, 0) is 4.79 Å². The first-order valence-electron chi connectivity index (χ1n) is 5.97. The number of hydrogen-bond donors (Lipinski definition) is 2. The molecule has 100 valence electrons. The molecule has 1 atom stereocenters. The van der Waals surface area contributed by atoms with E-state index in [9.17, 15) is 4.79 Å². The van der Waals surface area contributed by atoms with Gasteiger partial charge in [-0.2, -0.15) is 0 Å². The minimum absolute atomic E-state index is 0.273. The van der Waals surface area contributed by atoms with Gasteiger partial charge in [-0.05, 0) is 50.5 Å². The molecule has 4 nitrogen and oxygen atoms in total. The van der Waals surface area contributed by atoms with Gasteiger partial charge in [-0.15, -0.1) is 0 Å². The summed E-state index contributed by atoms with van der Waals surface area (Å²) in [4.78, 5) is 10.9. The van der Waals surface area contributed by atoms with Crippen molar-refractivity contribution in [2.24, 2.45) is 5.73 Å². The number of ether oxygens (including phenoxy) is 1. The SMILES string of the molecule is Cc1cc(C)c(C)c(OCCC(C)(N)C(=O)O)c1. The maximum absolute atomic E-state index is 10.9. The van der Waals surface area contributed by atoms with Crippen molar-refractivity contribution in [1.82, 2.24) is 0 Å². The van der Waals surface area contributed by atoms with Crippen LogP contribution >= 0.6 is 0 Å². The number of benzene rings is 1. The Morgan fingerprint density at radius 3 is 2.56 bits per heavy atom. The molecule has 0 aliphatic rings. The molecule has 0 spiro atoms. The summed E-state index contributed by atoms with van der Waals surface area (Å²) in [5.41, 5.74) is 7.77. The second-order valence-electron chi connectivity index (χ2n) is 5.03. The fraction of sp³-hybridized carbons (Fsp3) is 0.500. The van der Waals surface area contributed by atoms with E-state index in [0.717, 1.165) is 16.9 Å². The molecule has 0 heterocycles. The molecule has 0 aliphatic heterocycles. The molecule has 1 unspecified atom stereocenters. The van der Waals surface area contributed by atoms with Crippen LogP contribution in [0.25, 0.3) is 0 Å². The van der Waals surface area contributed by atoms with E-state index in [-0.39, 0.29) is 6.42 Å². The first-order chi connectivity index (χ1) is 8.24. The summed E-state index contributed by atoms with van der Waals surface area (Å²) in [6.07, 6.45) is 0.273. The Morgan fingerprint density at radius 2 is 2.00 bits per heavy atom. The predicted octanol–water partition coefficient (Wildman–Crippen LogP) is 2.18. The number of rotatable bonds is 5. The van der Waals surface area contributed by atoms with Gasteiger partial charge in [0.15, 0.2) is 0 Å². The standard InChI is InChI=1S/C14H21NO3/c1-9-7-10(2)11(3)12(8-9)18-6-5-14(4,15)13(16)17/h7-8H,5-6,15H2,1-4H3,(H,16,17). The molecular weight excluding hydrogens is 230 g/mol. The number of carboxylic acids is 1. The van der Waals surface area contributed by atoms with Gasteiger partial charge >= 0.3 is 5.97 Å². The molecule has 0 radical (unpaired) electrons. The van der Waals surface area contributed by atoms with E-state index < -0.39 is 11.5 Å². The summed E-state index contributed by atoms with van der Waals surface area (Å²) in [6.45, 7) is 7.81. The van der Waals surface area contributed by atoms with Crippen LogP contribution < -0.4 is 10.5 Å². The van der Waals surface area contributed by atoms with Crippen molar-refractivity contribution in [2.45, 2.75) is 39.7 Å². The molecule has 4 heteroatoms. The Balaban J connectivity index is 2.68. The first-order valence-corrected chi connectivity index (χ1v) is 5.97. The van der Waals surface area contributed by atoms with E-state index in [0.29, 0.717) is 6.61 Å². The molecule has 1 aromatic carbocycles. The average Bonchev–Trinajstić information content (AvgIpc) is 2.24. The first kappa shape index (κ1) is 14.5. The van der Waals surface area contributed by atoms with Gasteiger partial charge in [0.05, 0.1) is 6.61 Å². The lowest BCUT2D eigenvalue weighted by molar-refractivity contribution is -0.143. The van der Waals surface area contributed by atoms with Crippen LogP contribution in [0.3, 0.4) is 0 Å². The molecule has 0 saturated carbocycles. The van der Waals surface area contributed by atoms with Gasteiger partial charge in [0, 0.05) is 6.42 Å². The second kappa shape index (κ2) is 5.40. The monoisotopic (exact) mass is 251 g/mol. The van der Waals surface area contributed by atoms with Gasteiger partial charge in [0.25, 0.3) is 0 Å². The van der Waals surface area contributed by atoms with Crippen molar-refractivity contribution in [3.63, 3.8) is 0 Å². The van der Waals surface area contributed by atoms with Gasteiger partial charge in [-0.3, -0.25) is 4.79 Å². The summed E-state index contributed by atoms with van der Waals surface area (Å²) in [7, 11) is 0. The Labute approximate surface area is 108 Å². The van der Waals surface area contributed by atoms with Gasteiger partial charge < -0.3 is 15.6 Å². The van der Waals surface area contributed by atoms with Gasteiger partial charge in [0.2, 0.25) is 0 Å². The second-order valence-corrected chi connectivity index (χ2v) is 5.03. The third-order valence-corrected chi connectivity index (χ3v) is 3.13. The minimum Gasteiger partial charge on any atom is -0.493 e. The number of hydrogen-bond acceptors (Lipinski definition) is 3. The molecular formula is C14H21NO3. The minimum atomic E-state index is -1.24. The van der Waals surface area contributed by atoms with Crippen molar-refractivity contribution < 1.29 is 14.6 Å². The van der Waals surface area contributed by atoms with Gasteiger partial charge in [-0.25, -0.2) is 0 Å². The number of aryl methyl sites for hydroxylation is 2. The van der Waals surface area contributed by atoms with Crippen molar-refractivity contribution in [1.29, 1.82) is 0 Å². The summed E-state index contributed by atoms with van der Waals surface area (Å²) < 4.78 is 5.64. The van der Waals surface area contributed by atoms with E-state index in [1.165, 1.54) is 12.5 Å². The lowest BCUT2D eigenvalue weighted by Crippen LogP contribution is -2.45. The predicted molar refractivity (Wildman–Crippen MR) is 71.0 cm³/mol. The molecule has 1 rings (SSSR count). The maximum Gasteiger partial charge on any atom is 0.323 e. The fourth-order valence-electron chi connectivity index (χ4n) is 1.63. The van der Waals surface area contributed by atoms with E-state index >= 15 is 0 Å². The van der Waals surface area contributed by atoms with Crippen LogP contribution in [0.1, 0.15) is 30.0 Å². The highest BCUT2D eigenvalue weighted by molar-refractivity contribution is 5.77. The number of nitrogens with two attached hydrogens (primary N) is 1. The Kier molecular flexibility index (Phi) is 4.35. The lowest BCUT2D eigenvalue weighted by Gasteiger charge is -2.20. The third kappa shape index (κ3) is 3.47. The largest absolute Gasteiger partial charge is 0.493 e. The van der Waals surface area contributed by atoms with Crippen LogP contribution in [0.4, 0.5) is 0 Å². The van der Waals surface area contributed by atoms with Crippen LogP contribution in [0, 0.1) is 20.8 Å². The van der Waals surface area contributed by atoms with Crippen molar-refractivity contribution in [3.05, 3.63) is 28.8 Å². The van der Waals surface area contributed by atoms with Crippen molar-refractivity contribution >= 4 is 5.97 Å². The van der Waals surface area contributed by atoms with Crippen LogP contribution in [0.2, 0.25) is 0 Å². The highest BCUT2D eigenvalue weighted by Gasteiger charge is 2.27. The molecule has 18 heavy (non-hydrogen) atoms. The zero-order chi connectivity index (χ0) is 13.9. The quantitative estimate of drug-likeness (QED) is 0.841. The van der Waals surface area contributed by atoms with E-state index in [1.807, 2.05) is 26.8 Å². The molecule has 1 aromatic rings. The van der Waals surface area contributed by atoms with Gasteiger partial charge in [0.1, 0.15) is 11.3 Å². The van der Waals surface area contributed by atoms with E-state index in [1.54, 1.807) is 0 Å². The maximum atomic E-state index is 10.9. The summed E-state index contributed by atoms with van der Waals surface area (Å²) >= 11 is 0. The van der Waals surface area contributed by atoms with Crippen LogP contribution in [0.15, 0.2) is 12.1 Å². The van der Waals surface area contributed by atoms with Crippen molar-refractivity contribution in [3.8, 4) is 5.75 Å². The van der Waals surface area contributed by atoms with Crippen LogP contribution in [-0.4, -0.2) is 23.2 Å². The van der Waals surface area contributed by atoms with Crippen molar-refractivity contribution in [2.75, 3.05) is 6.61 Å². The lowest BCUT2D eigenvalue weighted by atomic mass is 10.0. The Bertz CT molecular complexity index is 453. The summed E-state index contributed by atoms with van der Waals surface area (Å²) in [6, 6.07) is 4.05. The van der Waals surface area contributed by atoms with Gasteiger partial charge in [-0.1, -0.05) is 6.07 Å². The smallest absolute Gasteiger partial charge is 0.323 e. The van der Waals surface area contributed by atoms with E-state index in [4.69, 9.17) is 15.6 Å². The Morgan fingerprint density at radius 1 is 1.39 bits per heavy atom. The zero-order valence-corrected chi connectivity index (χ0v) is 11.4. The van der Waals surface area contributed by atoms with Crippen LogP contribution in [0.5, 0.6) is 5.75 Å². The number of carbonyl (C=O) groups is 1. The normalized spacial score (nSPS) is 14.1. The fourth-order valence-corrected chi connectivity index (χ4v) is 1.63. The average molecular weight is 251 g/mol. The van der Waals surface area contributed by atoms with E-state index in [2.05, 4.69) is 6.07 Å². The molecule has 0 fully saturated rings. The number of aliphatic carboxylic acids is 1. The highest BCUT2D eigenvalue weighted by Crippen LogP contribution is 2.23. The molecule has 0 aromatic heterocycles. The Hall–Kier alpha value is -1.55.